The maximum atomic E-state index is 11.1. The summed E-state index contributed by atoms with van der Waals surface area (Å²) < 4.78 is 1.97. The molecule has 1 rings (SSSR count). The van der Waals surface area contributed by atoms with Crippen molar-refractivity contribution in [2.45, 2.75) is 33.4 Å². The first-order valence-electron chi connectivity index (χ1n) is 5.21. The molecular formula is C12H17N3O. The molecule has 0 spiro atoms. The zero-order chi connectivity index (χ0) is 12.1. The summed E-state index contributed by atoms with van der Waals surface area (Å²) >= 11 is 0. The fourth-order valence-electron chi connectivity index (χ4n) is 1.20. The van der Waals surface area contributed by atoms with Crippen LogP contribution >= 0.6 is 0 Å². The number of rotatable bonds is 2. The third kappa shape index (κ3) is 3.13. The average molecular weight is 219 g/mol. The second kappa shape index (κ2) is 5.36. The van der Waals surface area contributed by atoms with Crippen molar-refractivity contribution in [3.05, 3.63) is 18.2 Å². The molecule has 1 atom stereocenters. The summed E-state index contributed by atoms with van der Waals surface area (Å²) in [5.74, 6) is 6.11. The first-order chi connectivity index (χ1) is 7.52. The van der Waals surface area contributed by atoms with Crippen molar-refractivity contribution in [1.82, 2.24) is 14.5 Å². The smallest absolute Gasteiger partial charge is 0.220 e. The summed E-state index contributed by atoms with van der Waals surface area (Å²) in [5.41, 5.74) is 1.09. The average Bonchev–Trinajstić information content (AvgIpc) is 2.63. The Morgan fingerprint density at radius 1 is 1.69 bits per heavy atom. The van der Waals surface area contributed by atoms with E-state index >= 15 is 0 Å². The lowest BCUT2D eigenvalue weighted by molar-refractivity contribution is -0.128. The molecular weight excluding hydrogens is 202 g/mol. The first-order valence-corrected chi connectivity index (χ1v) is 5.21. The molecule has 16 heavy (non-hydrogen) atoms. The molecule has 0 saturated carbocycles. The molecule has 0 radical (unpaired) electrons. The van der Waals surface area contributed by atoms with Crippen LogP contribution < -0.4 is 0 Å². The van der Waals surface area contributed by atoms with Crippen molar-refractivity contribution in [2.75, 3.05) is 7.05 Å². The van der Waals surface area contributed by atoms with Crippen molar-refractivity contribution in [1.29, 1.82) is 0 Å². The van der Waals surface area contributed by atoms with Gasteiger partial charge in [-0.2, -0.15) is 0 Å². The molecule has 1 amide bonds. The van der Waals surface area contributed by atoms with Gasteiger partial charge >= 0.3 is 0 Å². The number of amides is 1. The highest BCUT2D eigenvalue weighted by molar-refractivity contribution is 5.73. The molecule has 4 nitrogen and oxygen atoms in total. The Hall–Kier alpha value is -1.76. The number of aromatic nitrogens is 2. The third-order valence-corrected chi connectivity index (χ3v) is 2.56. The number of carbonyl (C=O) groups excluding carboxylic acids is 1. The molecule has 1 aromatic heterocycles. The minimum Gasteiger partial charge on any atom is -0.332 e. The Labute approximate surface area is 96.3 Å². The molecule has 0 aliphatic heterocycles. The lowest BCUT2D eigenvalue weighted by Crippen LogP contribution is -2.32. The molecule has 0 aliphatic carbocycles. The van der Waals surface area contributed by atoms with Crippen LogP contribution in [0.25, 0.3) is 0 Å². The lowest BCUT2D eigenvalue weighted by Gasteiger charge is -2.18. The van der Waals surface area contributed by atoms with Crippen molar-refractivity contribution in [3.8, 4) is 11.8 Å². The van der Waals surface area contributed by atoms with E-state index in [9.17, 15) is 4.79 Å². The zero-order valence-electron chi connectivity index (χ0n) is 10.2. The third-order valence-electron chi connectivity index (χ3n) is 2.56. The number of imidazole rings is 1. The van der Waals surface area contributed by atoms with Crippen LogP contribution in [0.2, 0.25) is 0 Å². The molecule has 1 aromatic rings. The highest BCUT2D eigenvalue weighted by Gasteiger charge is 2.07. The van der Waals surface area contributed by atoms with Gasteiger partial charge in [0.25, 0.3) is 0 Å². The van der Waals surface area contributed by atoms with Gasteiger partial charge in [-0.25, -0.2) is 4.98 Å². The summed E-state index contributed by atoms with van der Waals surface area (Å²) in [6.45, 7) is 6.05. The molecule has 0 aliphatic rings. The number of nitrogens with zero attached hydrogens (tertiary/aromatic N) is 3. The molecule has 0 aromatic carbocycles. The van der Waals surface area contributed by atoms with Crippen LogP contribution in [-0.2, 0) is 11.3 Å². The van der Waals surface area contributed by atoms with Crippen LogP contribution in [0.4, 0.5) is 0 Å². The van der Waals surface area contributed by atoms with Gasteiger partial charge in [-0.15, -0.1) is 0 Å². The van der Waals surface area contributed by atoms with Gasteiger partial charge in [0.05, 0.1) is 18.9 Å². The van der Waals surface area contributed by atoms with Gasteiger partial charge in [0.1, 0.15) is 0 Å². The largest absolute Gasteiger partial charge is 0.332 e. The van der Waals surface area contributed by atoms with E-state index < -0.39 is 0 Å². The van der Waals surface area contributed by atoms with Crippen LogP contribution in [0, 0.1) is 18.8 Å². The fraction of sp³-hybridized carbons (Fsp3) is 0.500. The standard InChI is InChI=1S/C12H17N3O/c1-10(14(4)12(3)16)6-5-7-15-9-13-8-11(15)2/h8-10H,7H2,1-4H3. The zero-order valence-corrected chi connectivity index (χ0v) is 10.2. The SMILES string of the molecule is CC(=O)N(C)C(C)C#CCn1cncc1C. The number of carbonyl (C=O) groups is 1. The highest BCUT2D eigenvalue weighted by Crippen LogP contribution is 1.96. The van der Waals surface area contributed by atoms with E-state index in [1.165, 1.54) is 6.92 Å². The van der Waals surface area contributed by atoms with E-state index in [0.29, 0.717) is 6.54 Å². The predicted molar refractivity (Wildman–Crippen MR) is 62.6 cm³/mol. The van der Waals surface area contributed by atoms with Crippen LogP contribution in [0.5, 0.6) is 0 Å². The second-order valence-corrected chi connectivity index (χ2v) is 3.79. The van der Waals surface area contributed by atoms with E-state index in [-0.39, 0.29) is 11.9 Å². The minimum absolute atomic E-state index is 0.0283. The molecule has 0 fully saturated rings. The Morgan fingerprint density at radius 2 is 2.38 bits per heavy atom. The number of hydrogen-bond acceptors (Lipinski definition) is 2. The maximum Gasteiger partial charge on any atom is 0.220 e. The summed E-state index contributed by atoms with van der Waals surface area (Å²) in [6.07, 6.45) is 3.55. The highest BCUT2D eigenvalue weighted by atomic mass is 16.2. The van der Waals surface area contributed by atoms with Gasteiger partial charge in [-0.1, -0.05) is 11.8 Å². The maximum absolute atomic E-state index is 11.1. The molecule has 1 unspecified atom stereocenters. The monoisotopic (exact) mass is 219 g/mol. The first kappa shape index (κ1) is 12.3. The Morgan fingerprint density at radius 3 is 2.88 bits per heavy atom. The van der Waals surface area contributed by atoms with E-state index in [1.807, 2.05) is 18.4 Å². The molecule has 1 heterocycles. The van der Waals surface area contributed by atoms with Crippen molar-refractivity contribution >= 4 is 5.91 Å². The Kier molecular flexibility index (Phi) is 4.12. The van der Waals surface area contributed by atoms with E-state index in [0.717, 1.165) is 5.69 Å². The van der Waals surface area contributed by atoms with Crippen LogP contribution in [0.3, 0.4) is 0 Å². The summed E-state index contributed by atoms with van der Waals surface area (Å²) in [5, 5.41) is 0. The van der Waals surface area contributed by atoms with Crippen molar-refractivity contribution in [2.24, 2.45) is 0 Å². The van der Waals surface area contributed by atoms with Gasteiger partial charge < -0.3 is 9.47 Å². The summed E-state index contributed by atoms with van der Waals surface area (Å²) in [4.78, 5) is 16.7. The molecule has 0 saturated heterocycles. The second-order valence-electron chi connectivity index (χ2n) is 3.79. The van der Waals surface area contributed by atoms with Gasteiger partial charge in [-0.05, 0) is 13.8 Å². The van der Waals surface area contributed by atoms with Crippen molar-refractivity contribution < 1.29 is 4.79 Å². The normalized spacial score (nSPS) is 11.5. The van der Waals surface area contributed by atoms with Crippen LogP contribution in [0.15, 0.2) is 12.5 Å². The van der Waals surface area contributed by atoms with Crippen LogP contribution in [-0.4, -0.2) is 33.4 Å². The quantitative estimate of drug-likeness (QED) is 0.698. The predicted octanol–water partition coefficient (Wildman–Crippen LogP) is 1.06. The lowest BCUT2D eigenvalue weighted by atomic mass is 10.3. The molecule has 0 N–H and O–H groups in total. The number of aryl methyl sites for hydroxylation is 1. The topological polar surface area (TPSA) is 38.1 Å². The van der Waals surface area contributed by atoms with Gasteiger partial charge in [0.15, 0.2) is 0 Å². The van der Waals surface area contributed by atoms with Gasteiger partial charge in [0.2, 0.25) is 5.91 Å². The van der Waals surface area contributed by atoms with Crippen molar-refractivity contribution in [3.63, 3.8) is 0 Å². The van der Waals surface area contributed by atoms with E-state index in [2.05, 4.69) is 16.8 Å². The molecule has 0 bridgehead atoms. The number of hydrogen-bond donors (Lipinski definition) is 0. The van der Waals surface area contributed by atoms with E-state index in [1.54, 1.807) is 24.5 Å². The Balaban J connectivity index is 2.56. The van der Waals surface area contributed by atoms with Gasteiger partial charge in [-0.3, -0.25) is 4.79 Å². The van der Waals surface area contributed by atoms with Gasteiger partial charge in [0, 0.05) is 25.9 Å². The summed E-state index contributed by atoms with van der Waals surface area (Å²) in [7, 11) is 1.75. The minimum atomic E-state index is -0.0543. The van der Waals surface area contributed by atoms with Crippen LogP contribution in [0.1, 0.15) is 19.5 Å². The Bertz CT molecular complexity index is 425. The summed E-state index contributed by atoms with van der Waals surface area (Å²) in [6, 6.07) is -0.0543. The molecule has 4 heteroatoms. The van der Waals surface area contributed by atoms with E-state index in [4.69, 9.17) is 0 Å². The molecule has 86 valence electrons. The fourth-order valence-corrected chi connectivity index (χ4v) is 1.20.